The third kappa shape index (κ3) is 2.89. The molecule has 0 unspecified atom stereocenters. The highest BCUT2D eigenvalue weighted by molar-refractivity contribution is 6.01. The number of fused-ring (bicyclic) bond motifs is 6. The molecule has 162 valence electrons. The van der Waals surface area contributed by atoms with Crippen LogP contribution in [0.5, 0.6) is 23.0 Å². The first-order valence-electron chi connectivity index (χ1n) is 10.4. The van der Waals surface area contributed by atoms with Crippen LogP contribution >= 0.6 is 0 Å². The van der Waals surface area contributed by atoms with E-state index in [-0.39, 0.29) is 23.0 Å². The van der Waals surface area contributed by atoms with E-state index in [1.165, 1.54) is 24.3 Å². The Hall–Kier alpha value is -4.00. The second-order valence-electron chi connectivity index (χ2n) is 7.90. The van der Waals surface area contributed by atoms with Crippen molar-refractivity contribution in [3.63, 3.8) is 0 Å². The third-order valence-corrected chi connectivity index (χ3v) is 5.85. The number of ether oxygens (including phenoxy) is 2. The fourth-order valence-corrected chi connectivity index (χ4v) is 4.33. The zero-order valence-electron chi connectivity index (χ0n) is 17.3. The van der Waals surface area contributed by atoms with Crippen molar-refractivity contribution in [2.75, 3.05) is 6.54 Å². The first-order chi connectivity index (χ1) is 15.4. The van der Waals surface area contributed by atoms with E-state index in [1.807, 2.05) is 6.92 Å². The summed E-state index contributed by atoms with van der Waals surface area (Å²) in [5.74, 6) is -0.214. The van der Waals surface area contributed by atoms with Crippen molar-refractivity contribution >= 4 is 11.9 Å². The van der Waals surface area contributed by atoms with Gasteiger partial charge in [0.2, 0.25) is 0 Å². The lowest BCUT2D eigenvalue weighted by Gasteiger charge is -2.36. The van der Waals surface area contributed by atoms with Gasteiger partial charge in [-0.2, -0.15) is 0 Å². The summed E-state index contributed by atoms with van der Waals surface area (Å²) in [4.78, 5) is 25.6. The van der Waals surface area contributed by atoms with Crippen LogP contribution in [-0.4, -0.2) is 28.6 Å². The van der Waals surface area contributed by atoms with Gasteiger partial charge in [0.25, 0.3) is 5.91 Å². The van der Waals surface area contributed by atoms with Crippen molar-refractivity contribution in [1.82, 2.24) is 5.32 Å². The second-order valence-corrected chi connectivity index (χ2v) is 7.90. The number of aromatic hydroxyl groups is 2. The van der Waals surface area contributed by atoms with Crippen molar-refractivity contribution in [2.24, 2.45) is 0 Å². The maximum Gasteiger partial charge on any atom is 0.340 e. The average molecular weight is 431 g/mol. The van der Waals surface area contributed by atoms with E-state index in [4.69, 9.17) is 9.47 Å². The number of carbonyl (C=O) groups excluding carboxylic acids is 2. The predicted octanol–water partition coefficient (Wildman–Crippen LogP) is 4.20. The fourth-order valence-electron chi connectivity index (χ4n) is 4.33. The normalized spacial score (nSPS) is 14.7. The molecule has 3 aromatic rings. The smallest absolute Gasteiger partial charge is 0.340 e. The molecule has 2 aliphatic heterocycles. The molecule has 1 spiro atoms. The predicted molar refractivity (Wildman–Crippen MR) is 115 cm³/mol. The zero-order valence-corrected chi connectivity index (χ0v) is 17.3. The molecule has 7 nitrogen and oxygen atoms in total. The van der Waals surface area contributed by atoms with Gasteiger partial charge >= 0.3 is 5.97 Å². The lowest BCUT2D eigenvalue weighted by molar-refractivity contribution is 0.0224. The topological polar surface area (TPSA) is 105 Å². The summed E-state index contributed by atoms with van der Waals surface area (Å²) in [6.07, 6.45) is 1.83. The number of esters is 1. The molecule has 0 atom stereocenters. The van der Waals surface area contributed by atoms with E-state index in [0.717, 1.165) is 12.8 Å². The van der Waals surface area contributed by atoms with Crippen molar-refractivity contribution < 1.29 is 29.3 Å². The van der Waals surface area contributed by atoms with Gasteiger partial charge in [-0.25, -0.2) is 4.79 Å². The van der Waals surface area contributed by atoms with E-state index in [9.17, 15) is 19.8 Å². The van der Waals surface area contributed by atoms with Crippen LogP contribution in [-0.2, 0) is 10.3 Å². The fraction of sp³-hybridized carbons (Fsp3) is 0.200. The van der Waals surface area contributed by atoms with Gasteiger partial charge in [0.05, 0.1) is 5.56 Å². The molecule has 0 fully saturated rings. The number of unbranched alkanes of at least 4 members (excludes halogenated alkanes) is 1. The Kier molecular flexibility index (Phi) is 4.55. The Balaban J connectivity index is 1.68. The van der Waals surface area contributed by atoms with Crippen molar-refractivity contribution in [3.8, 4) is 23.0 Å². The van der Waals surface area contributed by atoms with Crippen LogP contribution in [0, 0.1) is 0 Å². The summed E-state index contributed by atoms with van der Waals surface area (Å²) < 4.78 is 11.9. The quantitative estimate of drug-likeness (QED) is 0.423. The first-order valence-corrected chi connectivity index (χ1v) is 10.4. The number of hydrogen-bond donors (Lipinski definition) is 3. The maximum atomic E-state index is 13.0. The molecule has 7 heteroatoms. The molecule has 0 aliphatic carbocycles. The van der Waals surface area contributed by atoms with Gasteiger partial charge < -0.3 is 25.0 Å². The summed E-state index contributed by atoms with van der Waals surface area (Å²) in [7, 11) is 0. The SMILES string of the molecule is CCCCNC(=O)c1ccc2c(c1)C(=O)OC21c2ccc(O)cc2Oc2cc(O)ccc21. The van der Waals surface area contributed by atoms with Crippen LogP contribution in [0.3, 0.4) is 0 Å². The molecule has 3 N–H and O–H groups in total. The number of nitrogens with one attached hydrogen (secondary N) is 1. The number of rotatable bonds is 4. The molecule has 3 aromatic carbocycles. The van der Waals surface area contributed by atoms with Crippen LogP contribution in [0.25, 0.3) is 0 Å². The number of amides is 1. The van der Waals surface area contributed by atoms with E-state index in [0.29, 0.717) is 40.3 Å². The molecule has 1 amide bonds. The highest BCUT2D eigenvalue weighted by Crippen LogP contribution is 2.57. The van der Waals surface area contributed by atoms with Crippen molar-refractivity contribution in [1.29, 1.82) is 0 Å². The lowest BCUT2D eigenvalue weighted by atomic mass is 9.77. The Morgan fingerprint density at radius 2 is 1.56 bits per heavy atom. The van der Waals surface area contributed by atoms with Crippen molar-refractivity contribution in [3.05, 3.63) is 82.4 Å². The number of carbonyl (C=O) groups is 2. The lowest BCUT2D eigenvalue weighted by Crippen LogP contribution is -2.33. The minimum absolute atomic E-state index is 0.00820. The Labute approximate surface area is 184 Å². The summed E-state index contributed by atoms with van der Waals surface area (Å²) in [5, 5.41) is 22.8. The molecule has 0 saturated carbocycles. The highest BCUT2D eigenvalue weighted by atomic mass is 16.6. The van der Waals surface area contributed by atoms with E-state index in [2.05, 4.69) is 5.32 Å². The monoisotopic (exact) mass is 431 g/mol. The largest absolute Gasteiger partial charge is 0.508 e. The van der Waals surface area contributed by atoms with Gasteiger partial charge in [0.15, 0.2) is 5.60 Å². The van der Waals surface area contributed by atoms with E-state index in [1.54, 1.807) is 30.3 Å². The summed E-state index contributed by atoms with van der Waals surface area (Å²) in [6, 6.07) is 14.1. The zero-order chi connectivity index (χ0) is 22.5. The number of phenols is 2. The Morgan fingerprint density at radius 3 is 2.19 bits per heavy atom. The maximum absolute atomic E-state index is 13.0. The van der Waals surface area contributed by atoms with Gasteiger partial charge in [-0.1, -0.05) is 19.4 Å². The van der Waals surface area contributed by atoms with Gasteiger partial charge in [0, 0.05) is 40.9 Å². The Bertz CT molecular complexity index is 1210. The van der Waals surface area contributed by atoms with Gasteiger partial charge in [-0.05, 0) is 42.8 Å². The van der Waals surface area contributed by atoms with Gasteiger partial charge in [0.1, 0.15) is 23.0 Å². The van der Waals surface area contributed by atoms with Gasteiger partial charge in [-0.15, -0.1) is 0 Å². The summed E-state index contributed by atoms with van der Waals surface area (Å²) in [5.41, 5.74) is 0.982. The van der Waals surface area contributed by atoms with Crippen LogP contribution < -0.4 is 10.1 Å². The van der Waals surface area contributed by atoms with Crippen LogP contribution in [0.15, 0.2) is 54.6 Å². The Morgan fingerprint density at radius 1 is 0.938 bits per heavy atom. The molecule has 0 bridgehead atoms. The van der Waals surface area contributed by atoms with Crippen LogP contribution in [0.4, 0.5) is 0 Å². The highest BCUT2D eigenvalue weighted by Gasteiger charge is 2.53. The molecule has 2 aliphatic rings. The number of phenolic OH excluding ortho intramolecular Hbond substituents is 2. The molecule has 0 radical (unpaired) electrons. The minimum atomic E-state index is -1.33. The number of hydrogen-bond acceptors (Lipinski definition) is 6. The molecule has 2 heterocycles. The molecule has 5 rings (SSSR count). The summed E-state index contributed by atoms with van der Waals surface area (Å²) in [6.45, 7) is 2.60. The van der Waals surface area contributed by atoms with Crippen molar-refractivity contribution in [2.45, 2.75) is 25.4 Å². The summed E-state index contributed by atoms with van der Waals surface area (Å²) >= 11 is 0. The first kappa shape index (κ1) is 19.9. The van der Waals surface area contributed by atoms with E-state index < -0.39 is 11.6 Å². The van der Waals surface area contributed by atoms with Gasteiger partial charge in [-0.3, -0.25) is 4.79 Å². The average Bonchev–Trinajstić information content (AvgIpc) is 3.06. The minimum Gasteiger partial charge on any atom is -0.508 e. The molecule has 0 saturated heterocycles. The van der Waals surface area contributed by atoms with Crippen LogP contribution in [0.2, 0.25) is 0 Å². The molecular weight excluding hydrogens is 410 g/mol. The van der Waals surface area contributed by atoms with Crippen LogP contribution in [0.1, 0.15) is 57.2 Å². The standard InChI is InChI=1S/C25H21NO6/c1-2-3-10-26-23(29)14-4-7-18-17(11-14)24(30)32-25(18)19-8-5-15(27)12-21(19)31-22-13-16(28)6-9-20(22)25/h4-9,11-13,27-28H,2-3,10H2,1H3,(H,26,29). The molecule has 0 aromatic heterocycles. The third-order valence-electron chi connectivity index (χ3n) is 5.85. The van der Waals surface area contributed by atoms with E-state index >= 15 is 0 Å². The second kappa shape index (κ2) is 7.30. The molecular formula is C25H21NO6. The molecule has 32 heavy (non-hydrogen) atoms. The number of benzene rings is 3.